The molecule has 196 valence electrons. The van der Waals surface area contributed by atoms with E-state index in [0.29, 0.717) is 38.3 Å². The number of benzene rings is 2. The van der Waals surface area contributed by atoms with Gasteiger partial charge in [0, 0.05) is 36.4 Å². The number of amides is 2. The van der Waals surface area contributed by atoms with E-state index in [-0.39, 0.29) is 36.9 Å². The fourth-order valence-corrected chi connectivity index (χ4v) is 5.01. The molecule has 0 aromatic heterocycles. The lowest BCUT2D eigenvalue weighted by Gasteiger charge is -2.43. The number of nitrogens with zero attached hydrogens (tertiary/aromatic N) is 1. The van der Waals surface area contributed by atoms with E-state index in [9.17, 15) is 19.5 Å². The number of carbonyl (C=O) groups is 3. The van der Waals surface area contributed by atoms with Crippen LogP contribution in [-0.4, -0.2) is 66.2 Å². The molecule has 1 unspecified atom stereocenters. The highest BCUT2D eigenvalue weighted by molar-refractivity contribution is 9.10. The molecule has 1 fully saturated rings. The number of primary amides is 1. The number of nitrogens with two attached hydrogens (primary N) is 1. The third kappa shape index (κ3) is 7.11. The first-order valence-corrected chi connectivity index (χ1v) is 13.0. The van der Waals surface area contributed by atoms with Gasteiger partial charge in [0.1, 0.15) is 24.7 Å². The maximum Gasteiger partial charge on any atom is 0.333 e. The maximum absolute atomic E-state index is 12.6. The van der Waals surface area contributed by atoms with Crippen LogP contribution in [0.5, 0.6) is 11.5 Å². The van der Waals surface area contributed by atoms with E-state index in [4.69, 9.17) is 15.2 Å². The van der Waals surface area contributed by atoms with Gasteiger partial charge in [-0.3, -0.25) is 9.59 Å². The Hall–Kier alpha value is -3.37. The maximum atomic E-state index is 12.6. The highest BCUT2D eigenvalue weighted by Crippen LogP contribution is 2.34. The number of aliphatic carboxylic acids is 1. The number of piperazine rings is 1. The van der Waals surface area contributed by atoms with Crippen LogP contribution in [0.3, 0.4) is 0 Å². The SMILES string of the molecule is NC(=O)CCCC(=O)N1CC2CC(c3ccc(OCCOc4ccc(Br)cc4)cc3)=C(C(=O)O)[C@@H](C1)N2. The zero-order valence-corrected chi connectivity index (χ0v) is 21.9. The zero-order valence-electron chi connectivity index (χ0n) is 20.3. The van der Waals surface area contributed by atoms with Crippen molar-refractivity contribution in [1.29, 1.82) is 0 Å². The second-order valence-electron chi connectivity index (χ2n) is 9.11. The minimum atomic E-state index is -1.00. The van der Waals surface area contributed by atoms with Crippen molar-refractivity contribution in [3.8, 4) is 11.5 Å². The third-order valence-corrected chi connectivity index (χ3v) is 6.97. The Kier molecular flexibility index (Phi) is 8.83. The molecule has 0 spiro atoms. The summed E-state index contributed by atoms with van der Waals surface area (Å²) in [4.78, 5) is 37.5. The molecule has 0 saturated carbocycles. The van der Waals surface area contributed by atoms with Gasteiger partial charge in [-0.05, 0) is 60.4 Å². The van der Waals surface area contributed by atoms with Gasteiger partial charge in [-0.15, -0.1) is 0 Å². The van der Waals surface area contributed by atoms with Crippen LogP contribution in [0, 0.1) is 0 Å². The fraction of sp³-hybridized carbons (Fsp3) is 0.370. The molecule has 2 amide bonds. The monoisotopic (exact) mass is 571 g/mol. The van der Waals surface area contributed by atoms with E-state index in [1.165, 1.54) is 0 Å². The molecule has 2 aliphatic heterocycles. The minimum absolute atomic E-state index is 0.0522. The largest absolute Gasteiger partial charge is 0.490 e. The molecule has 2 aliphatic rings. The van der Waals surface area contributed by atoms with Gasteiger partial charge in [-0.25, -0.2) is 4.79 Å². The molecular formula is C27H30BrN3O6. The first-order valence-electron chi connectivity index (χ1n) is 12.2. The van der Waals surface area contributed by atoms with Crippen LogP contribution >= 0.6 is 15.9 Å². The van der Waals surface area contributed by atoms with E-state index < -0.39 is 17.9 Å². The van der Waals surface area contributed by atoms with Crippen molar-refractivity contribution in [3.05, 3.63) is 64.1 Å². The van der Waals surface area contributed by atoms with Crippen molar-refractivity contribution in [2.24, 2.45) is 5.73 Å². The number of nitrogens with one attached hydrogen (secondary N) is 1. The molecule has 0 aliphatic carbocycles. The number of carbonyl (C=O) groups excluding carboxylic acids is 2. The number of hydrogen-bond acceptors (Lipinski definition) is 6. The van der Waals surface area contributed by atoms with Crippen LogP contribution in [0.2, 0.25) is 0 Å². The number of hydrogen-bond donors (Lipinski definition) is 3. The summed E-state index contributed by atoms with van der Waals surface area (Å²) in [5.74, 6) is -0.0905. The van der Waals surface area contributed by atoms with Gasteiger partial charge in [0.2, 0.25) is 11.8 Å². The van der Waals surface area contributed by atoms with Crippen LogP contribution in [-0.2, 0) is 14.4 Å². The Morgan fingerprint density at radius 3 is 2.19 bits per heavy atom. The van der Waals surface area contributed by atoms with Crippen molar-refractivity contribution < 1.29 is 29.0 Å². The Morgan fingerprint density at radius 2 is 1.59 bits per heavy atom. The Morgan fingerprint density at radius 1 is 0.973 bits per heavy atom. The molecule has 0 radical (unpaired) electrons. The Bertz CT molecular complexity index is 1170. The van der Waals surface area contributed by atoms with Crippen LogP contribution < -0.4 is 20.5 Å². The lowest BCUT2D eigenvalue weighted by atomic mass is 9.83. The molecule has 9 nitrogen and oxygen atoms in total. The standard InChI is InChI=1S/C27H30BrN3O6/c28-18-6-10-21(11-7-18)37-13-12-36-20-8-4-17(5-9-20)22-14-19-15-31(25(33)3-1-2-24(29)32)16-23(30-19)26(22)27(34)35/h4-11,19,23,30H,1-3,12-16H2,(H2,29,32)(H,34,35)/t19?,23-/m1/s1. The van der Waals surface area contributed by atoms with Gasteiger partial charge >= 0.3 is 5.97 Å². The summed E-state index contributed by atoms with van der Waals surface area (Å²) >= 11 is 3.39. The summed E-state index contributed by atoms with van der Waals surface area (Å²) in [5.41, 5.74) is 7.04. The van der Waals surface area contributed by atoms with E-state index in [1.807, 2.05) is 48.5 Å². The van der Waals surface area contributed by atoms with Gasteiger partial charge in [-0.1, -0.05) is 28.1 Å². The summed E-state index contributed by atoms with van der Waals surface area (Å²) in [5, 5.41) is 13.4. The number of carboxylic acid groups (broad SMARTS) is 1. The number of carboxylic acids is 1. The lowest BCUT2D eigenvalue weighted by Crippen LogP contribution is -2.61. The van der Waals surface area contributed by atoms with Gasteiger partial charge in [0.05, 0.1) is 11.6 Å². The summed E-state index contributed by atoms with van der Waals surface area (Å²) in [6.45, 7) is 1.53. The van der Waals surface area contributed by atoms with E-state index >= 15 is 0 Å². The average molecular weight is 572 g/mol. The molecule has 2 bridgehead atoms. The van der Waals surface area contributed by atoms with Crippen molar-refractivity contribution in [1.82, 2.24) is 10.2 Å². The molecule has 2 aromatic rings. The normalized spacial score (nSPS) is 18.9. The molecule has 2 aromatic carbocycles. The third-order valence-electron chi connectivity index (χ3n) is 6.44. The molecule has 2 atom stereocenters. The summed E-state index contributed by atoms with van der Waals surface area (Å²) in [6.07, 6.45) is 1.26. The molecule has 10 heteroatoms. The topological polar surface area (TPSA) is 131 Å². The second-order valence-corrected chi connectivity index (χ2v) is 10.0. The smallest absolute Gasteiger partial charge is 0.333 e. The predicted molar refractivity (Wildman–Crippen MR) is 141 cm³/mol. The highest BCUT2D eigenvalue weighted by Gasteiger charge is 2.39. The molecule has 2 heterocycles. The van der Waals surface area contributed by atoms with Gasteiger partial charge in [0.15, 0.2) is 0 Å². The van der Waals surface area contributed by atoms with E-state index in [0.717, 1.165) is 21.4 Å². The number of ether oxygens (including phenoxy) is 2. The van der Waals surface area contributed by atoms with Crippen molar-refractivity contribution >= 4 is 39.3 Å². The molecule has 1 saturated heterocycles. The summed E-state index contributed by atoms with van der Waals surface area (Å²) < 4.78 is 12.4. The van der Waals surface area contributed by atoms with Gasteiger partial charge in [0.25, 0.3) is 0 Å². The van der Waals surface area contributed by atoms with Gasteiger partial charge in [-0.2, -0.15) is 0 Å². The Labute approximate surface area is 223 Å². The van der Waals surface area contributed by atoms with E-state index in [1.54, 1.807) is 4.90 Å². The van der Waals surface area contributed by atoms with Crippen molar-refractivity contribution in [2.75, 3.05) is 26.3 Å². The van der Waals surface area contributed by atoms with Crippen molar-refractivity contribution in [2.45, 2.75) is 37.8 Å². The molecule has 4 rings (SSSR count). The zero-order chi connectivity index (χ0) is 26.4. The first-order chi connectivity index (χ1) is 17.8. The number of rotatable bonds is 11. The molecule has 37 heavy (non-hydrogen) atoms. The first kappa shape index (κ1) is 26.7. The van der Waals surface area contributed by atoms with Gasteiger partial charge < -0.3 is 30.5 Å². The van der Waals surface area contributed by atoms with Crippen LogP contribution in [0.4, 0.5) is 0 Å². The van der Waals surface area contributed by atoms with Crippen LogP contribution in [0.1, 0.15) is 31.2 Å². The van der Waals surface area contributed by atoms with E-state index in [2.05, 4.69) is 21.2 Å². The predicted octanol–water partition coefficient (Wildman–Crippen LogP) is 2.97. The molecule has 4 N–H and O–H groups in total. The second kappa shape index (κ2) is 12.2. The number of halogens is 1. The minimum Gasteiger partial charge on any atom is -0.490 e. The van der Waals surface area contributed by atoms with Crippen molar-refractivity contribution in [3.63, 3.8) is 0 Å². The number of fused-ring (bicyclic) bond motifs is 2. The fourth-order valence-electron chi connectivity index (χ4n) is 4.74. The van der Waals surface area contributed by atoms with Crippen LogP contribution in [0.15, 0.2) is 58.6 Å². The quantitative estimate of drug-likeness (QED) is 0.353. The lowest BCUT2D eigenvalue weighted by molar-refractivity contribution is -0.136. The average Bonchev–Trinajstić information content (AvgIpc) is 2.87. The summed E-state index contributed by atoms with van der Waals surface area (Å²) in [7, 11) is 0. The Balaban J connectivity index is 1.37. The van der Waals surface area contributed by atoms with Crippen LogP contribution in [0.25, 0.3) is 5.57 Å². The highest BCUT2D eigenvalue weighted by atomic mass is 79.9. The molecular weight excluding hydrogens is 542 g/mol. The summed E-state index contributed by atoms with van der Waals surface area (Å²) in [6, 6.07) is 14.4.